The van der Waals surface area contributed by atoms with Gasteiger partial charge in [-0.05, 0) is 24.6 Å². The molecule has 0 aliphatic rings. The van der Waals surface area contributed by atoms with E-state index in [-0.39, 0.29) is 0 Å². The van der Waals surface area contributed by atoms with E-state index < -0.39 is 0 Å². The quantitative estimate of drug-likeness (QED) is 0.667. The lowest BCUT2D eigenvalue weighted by atomic mass is 10.2. The molecule has 2 aromatic heterocycles. The maximum absolute atomic E-state index is 8.76. The van der Waals surface area contributed by atoms with Crippen LogP contribution in [0.3, 0.4) is 0 Å². The second kappa shape index (κ2) is 5.47. The summed E-state index contributed by atoms with van der Waals surface area (Å²) in [5.74, 6) is 1.15. The molecule has 0 spiro atoms. The molecule has 0 aliphatic heterocycles. The smallest absolute Gasteiger partial charge is 0.190 e. The van der Waals surface area contributed by atoms with Gasteiger partial charge in [-0.2, -0.15) is 5.26 Å². The van der Waals surface area contributed by atoms with E-state index in [2.05, 4.69) is 15.0 Å². The summed E-state index contributed by atoms with van der Waals surface area (Å²) in [7, 11) is 0. The Hall–Kier alpha value is -2.13. The summed E-state index contributed by atoms with van der Waals surface area (Å²) >= 11 is 1.48. The second-order valence-electron chi connectivity index (χ2n) is 3.67. The summed E-state index contributed by atoms with van der Waals surface area (Å²) in [5, 5.41) is 9.40. The number of nitriles is 1. The minimum Gasteiger partial charge on any atom is -0.384 e. The molecule has 6 heteroatoms. The van der Waals surface area contributed by atoms with E-state index in [0.29, 0.717) is 22.4 Å². The van der Waals surface area contributed by atoms with Gasteiger partial charge in [-0.3, -0.25) is 0 Å². The van der Waals surface area contributed by atoms with E-state index in [0.717, 1.165) is 11.3 Å². The molecular formula is C12H11N5S. The van der Waals surface area contributed by atoms with Crippen LogP contribution in [0, 0.1) is 18.3 Å². The summed E-state index contributed by atoms with van der Waals surface area (Å²) in [5.41, 5.74) is 7.93. The van der Waals surface area contributed by atoms with Crippen molar-refractivity contribution in [1.29, 1.82) is 5.26 Å². The monoisotopic (exact) mass is 257 g/mol. The van der Waals surface area contributed by atoms with Gasteiger partial charge in [0.15, 0.2) is 5.16 Å². The molecule has 0 radical (unpaired) electrons. The van der Waals surface area contributed by atoms with Gasteiger partial charge >= 0.3 is 0 Å². The van der Waals surface area contributed by atoms with Gasteiger partial charge in [0.05, 0.1) is 0 Å². The fraction of sp³-hybridized carbons (Fsp3) is 0.167. The summed E-state index contributed by atoms with van der Waals surface area (Å²) < 4.78 is 0. The molecule has 2 rings (SSSR count). The van der Waals surface area contributed by atoms with Crippen LogP contribution in [0.5, 0.6) is 0 Å². The minimum absolute atomic E-state index is 0.415. The Labute approximate surface area is 109 Å². The normalized spacial score (nSPS) is 10.0. The molecule has 0 aromatic carbocycles. The Balaban J connectivity index is 2.09. The van der Waals surface area contributed by atoms with E-state index in [1.54, 1.807) is 18.3 Å². The molecule has 5 nitrogen and oxygen atoms in total. The third-order valence-corrected chi connectivity index (χ3v) is 3.08. The van der Waals surface area contributed by atoms with Gasteiger partial charge in [0, 0.05) is 23.7 Å². The zero-order valence-electron chi connectivity index (χ0n) is 9.79. The van der Waals surface area contributed by atoms with E-state index >= 15 is 0 Å². The molecule has 0 saturated heterocycles. The van der Waals surface area contributed by atoms with E-state index in [9.17, 15) is 0 Å². The summed E-state index contributed by atoms with van der Waals surface area (Å²) in [6, 6.07) is 7.36. The maximum atomic E-state index is 8.76. The number of nitrogen functional groups attached to an aromatic ring is 1. The summed E-state index contributed by atoms with van der Waals surface area (Å²) in [4.78, 5) is 12.3. The van der Waals surface area contributed by atoms with Crippen LogP contribution in [-0.2, 0) is 5.75 Å². The average Bonchev–Trinajstić information content (AvgIpc) is 2.35. The van der Waals surface area contributed by atoms with Crippen molar-refractivity contribution in [2.45, 2.75) is 17.8 Å². The first-order chi connectivity index (χ1) is 8.67. The summed E-state index contributed by atoms with van der Waals surface area (Å²) in [6.07, 6.45) is 1.62. The number of thioether (sulfide) groups is 1. The van der Waals surface area contributed by atoms with Crippen molar-refractivity contribution < 1.29 is 0 Å². The second-order valence-corrected chi connectivity index (χ2v) is 4.61. The van der Waals surface area contributed by atoms with Crippen LogP contribution in [0.15, 0.2) is 29.6 Å². The number of aryl methyl sites for hydroxylation is 1. The molecule has 18 heavy (non-hydrogen) atoms. The van der Waals surface area contributed by atoms with E-state index in [1.165, 1.54) is 11.8 Å². The third-order valence-electron chi connectivity index (χ3n) is 2.16. The first-order valence-electron chi connectivity index (χ1n) is 5.26. The fourth-order valence-electron chi connectivity index (χ4n) is 1.40. The van der Waals surface area contributed by atoms with Crippen LogP contribution in [0.25, 0.3) is 0 Å². The van der Waals surface area contributed by atoms with Crippen LogP contribution < -0.4 is 5.73 Å². The van der Waals surface area contributed by atoms with Gasteiger partial charge in [-0.15, -0.1) is 0 Å². The van der Waals surface area contributed by atoms with Crippen molar-refractivity contribution in [2.75, 3.05) is 5.73 Å². The predicted octanol–water partition coefficient (Wildman–Crippen LogP) is 1.93. The molecule has 0 amide bonds. The number of nitrogens with zero attached hydrogens (tertiary/aromatic N) is 4. The molecule has 2 N–H and O–H groups in total. The number of nitrogens with two attached hydrogens (primary N) is 1. The molecule has 2 heterocycles. The van der Waals surface area contributed by atoms with Crippen molar-refractivity contribution in [3.63, 3.8) is 0 Å². The molecule has 90 valence electrons. The van der Waals surface area contributed by atoms with E-state index in [1.807, 2.05) is 19.1 Å². The largest absolute Gasteiger partial charge is 0.384 e. The highest BCUT2D eigenvalue weighted by molar-refractivity contribution is 7.98. The summed E-state index contributed by atoms with van der Waals surface area (Å²) in [6.45, 7) is 1.88. The molecule has 2 aromatic rings. The number of aromatic nitrogens is 3. The molecule has 0 fully saturated rings. The lowest BCUT2D eigenvalue weighted by Crippen LogP contribution is -1.97. The Kier molecular flexibility index (Phi) is 3.75. The van der Waals surface area contributed by atoms with Crippen LogP contribution in [0.1, 0.15) is 17.0 Å². The highest BCUT2D eigenvalue weighted by Gasteiger charge is 2.03. The van der Waals surface area contributed by atoms with Crippen molar-refractivity contribution in [3.8, 4) is 6.07 Å². The average molecular weight is 257 g/mol. The fourth-order valence-corrected chi connectivity index (χ4v) is 2.26. The van der Waals surface area contributed by atoms with Crippen molar-refractivity contribution in [2.24, 2.45) is 0 Å². The number of rotatable bonds is 3. The molecule has 0 bridgehead atoms. The molecule has 0 unspecified atom stereocenters. The minimum atomic E-state index is 0.415. The van der Waals surface area contributed by atoms with E-state index in [4.69, 9.17) is 11.0 Å². The topological polar surface area (TPSA) is 88.5 Å². The van der Waals surface area contributed by atoms with Gasteiger partial charge in [-0.25, -0.2) is 15.0 Å². The lowest BCUT2D eigenvalue weighted by molar-refractivity contribution is 0.940. The number of hydrogen-bond donors (Lipinski definition) is 1. The Bertz CT molecular complexity index is 585. The highest BCUT2D eigenvalue weighted by atomic mass is 32.2. The van der Waals surface area contributed by atoms with Crippen molar-refractivity contribution >= 4 is 17.6 Å². The predicted molar refractivity (Wildman–Crippen MR) is 69.7 cm³/mol. The van der Waals surface area contributed by atoms with Gasteiger partial charge < -0.3 is 5.73 Å². The SMILES string of the molecule is Cc1cc(N)nc(SCc2ccnc(C#N)c2)n1. The van der Waals surface area contributed by atoms with Crippen molar-refractivity contribution in [1.82, 2.24) is 15.0 Å². The van der Waals surface area contributed by atoms with Crippen LogP contribution in [0.4, 0.5) is 5.82 Å². The Morgan fingerprint density at radius 1 is 1.39 bits per heavy atom. The highest BCUT2D eigenvalue weighted by Crippen LogP contribution is 2.20. The number of anilines is 1. The van der Waals surface area contributed by atoms with Crippen LogP contribution in [-0.4, -0.2) is 15.0 Å². The zero-order chi connectivity index (χ0) is 13.0. The Morgan fingerprint density at radius 2 is 2.22 bits per heavy atom. The molecule has 0 saturated carbocycles. The first-order valence-corrected chi connectivity index (χ1v) is 6.25. The van der Waals surface area contributed by atoms with Gasteiger partial charge in [0.25, 0.3) is 0 Å². The number of pyridine rings is 1. The standard InChI is InChI=1S/C12H11N5S/c1-8-4-11(14)17-12(16-8)18-7-9-2-3-15-10(5-9)6-13/h2-5H,7H2,1H3,(H2,14,16,17). The Morgan fingerprint density at radius 3 is 2.94 bits per heavy atom. The van der Waals surface area contributed by atoms with Gasteiger partial charge in [0.2, 0.25) is 0 Å². The van der Waals surface area contributed by atoms with Gasteiger partial charge in [0.1, 0.15) is 17.6 Å². The zero-order valence-corrected chi connectivity index (χ0v) is 10.6. The molecule has 0 aliphatic carbocycles. The van der Waals surface area contributed by atoms with Crippen molar-refractivity contribution in [3.05, 3.63) is 41.3 Å². The molecular weight excluding hydrogens is 246 g/mol. The first kappa shape index (κ1) is 12.3. The lowest BCUT2D eigenvalue weighted by Gasteiger charge is -2.03. The number of hydrogen-bond acceptors (Lipinski definition) is 6. The molecule has 0 atom stereocenters. The third kappa shape index (κ3) is 3.18. The van der Waals surface area contributed by atoms with Crippen LogP contribution in [0.2, 0.25) is 0 Å². The van der Waals surface area contributed by atoms with Crippen LogP contribution >= 0.6 is 11.8 Å². The maximum Gasteiger partial charge on any atom is 0.190 e. The van der Waals surface area contributed by atoms with Gasteiger partial charge in [-0.1, -0.05) is 11.8 Å².